The largest absolute Gasteiger partial charge is 0.377 e. The van der Waals surface area contributed by atoms with Gasteiger partial charge >= 0.3 is 0 Å². The zero-order chi connectivity index (χ0) is 12.4. The molecular weight excluding hydrogens is 342 g/mol. The highest BCUT2D eigenvalue weighted by atomic mass is 79.9. The molecule has 2 aromatic carbocycles. The minimum Gasteiger partial charge on any atom is -0.377 e. The van der Waals surface area contributed by atoms with E-state index in [0.29, 0.717) is 0 Å². The zero-order valence-electron chi connectivity index (χ0n) is 9.74. The van der Waals surface area contributed by atoms with Crippen LogP contribution >= 0.6 is 31.9 Å². The lowest BCUT2D eigenvalue weighted by Gasteiger charge is -2.18. The molecule has 0 N–H and O–H groups in total. The van der Waals surface area contributed by atoms with Gasteiger partial charge in [-0.25, -0.2) is 0 Å². The van der Waals surface area contributed by atoms with Crippen LogP contribution in [0.5, 0.6) is 0 Å². The fourth-order valence-electron chi connectivity index (χ4n) is 1.75. The van der Waals surface area contributed by atoms with Crippen LogP contribution in [0, 0.1) is 0 Å². The number of nitrogens with zero attached hydrogens (tertiary/aromatic N) is 1. The molecule has 2 rings (SSSR count). The van der Waals surface area contributed by atoms with Crippen LogP contribution in [0.2, 0.25) is 0 Å². The lowest BCUT2D eigenvalue weighted by Crippen LogP contribution is -2.09. The molecule has 0 aliphatic carbocycles. The molecule has 0 saturated heterocycles. The summed E-state index contributed by atoms with van der Waals surface area (Å²) in [6.07, 6.45) is 0. The first-order valence-corrected chi connectivity index (χ1v) is 6.89. The molecule has 0 aromatic heterocycles. The van der Waals surface area contributed by atoms with Gasteiger partial charge in [-0.3, -0.25) is 0 Å². The van der Waals surface area contributed by atoms with Crippen molar-refractivity contribution in [2.75, 3.05) is 19.0 Å². The van der Waals surface area contributed by atoms with Crippen molar-refractivity contribution >= 4 is 37.5 Å². The highest BCUT2D eigenvalue weighted by Crippen LogP contribution is 2.32. The minimum absolute atomic E-state index is 1.10. The van der Waals surface area contributed by atoms with Crippen LogP contribution in [0.25, 0.3) is 11.1 Å². The summed E-state index contributed by atoms with van der Waals surface area (Å²) in [5.41, 5.74) is 3.68. The maximum atomic E-state index is 3.51. The first-order valence-electron chi connectivity index (χ1n) is 5.31. The van der Waals surface area contributed by atoms with Crippen molar-refractivity contribution in [3.05, 3.63) is 51.4 Å². The summed E-state index contributed by atoms with van der Waals surface area (Å²) in [6, 6.07) is 14.7. The number of rotatable bonds is 2. The van der Waals surface area contributed by atoms with Gasteiger partial charge in [0, 0.05) is 34.3 Å². The average molecular weight is 355 g/mol. The molecule has 17 heavy (non-hydrogen) atoms. The van der Waals surface area contributed by atoms with Gasteiger partial charge in [-0.1, -0.05) is 50.1 Å². The van der Waals surface area contributed by atoms with Crippen molar-refractivity contribution in [2.45, 2.75) is 0 Å². The van der Waals surface area contributed by atoms with Crippen molar-refractivity contribution in [2.24, 2.45) is 0 Å². The number of hydrogen-bond donors (Lipinski definition) is 0. The molecule has 0 atom stereocenters. The van der Waals surface area contributed by atoms with Gasteiger partial charge in [0.1, 0.15) is 0 Å². The standard InChI is InChI=1S/C14H13Br2N/c1-17(2)14-9-12(16)7-8-13(14)10-3-5-11(15)6-4-10/h3-9H,1-2H3. The molecular formula is C14H13Br2N. The van der Waals surface area contributed by atoms with E-state index >= 15 is 0 Å². The third kappa shape index (κ3) is 2.90. The van der Waals surface area contributed by atoms with Crippen molar-refractivity contribution < 1.29 is 0 Å². The Morgan fingerprint density at radius 2 is 1.41 bits per heavy atom. The number of hydrogen-bond acceptors (Lipinski definition) is 1. The Labute approximate surface area is 119 Å². The van der Waals surface area contributed by atoms with E-state index in [4.69, 9.17) is 0 Å². The van der Waals surface area contributed by atoms with E-state index in [-0.39, 0.29) is 0 Å². The molecule has 0 heterocycles. The fraction of sp³-hybridized carbons (Fsp3) is 0.143. The van der Waals surface area contributed by atoms with Gasteiger partial charge < -0.3 is 4.90 Å². The van der Waals surface area contributed by atoms with Gasteiger partial charge in [-0.05, 0) is 29.8 Å². The Kier molecular flexibility index (Phi) is 3.89. The average Bonchev–Trinajstić information content (AvgIpc) is 2.30. The summed E-state index contributed by atoms with van der Waals surface area (Å²) in [4.78, 5) is 2.13. The molecule has 0 aliphatic rings. The van der Waals surface area contributed by atoms with E-state index in [0.717, 1.165) is 8.95 Å². The van der Waals surface area contributed by atoms with E-state index < -0.39 is 0 Å². The van der Waals surface area contributed by atoms with Crippen molar-refractivity contribution in [3.8, 4) is 11.1 Å². The van der Waals surface area contributed by atoms with Gasteiger partial charge in [0.25, 0.3) is 0 Å². The quantitative estimate of drug-likeness (QED) is 0.737. The van der Waals surface area contributed by atoms with Crippen LogP contribution < -0.4 is 4.90 Å². The maximum absolute atomic E-state index is 3.51. The Bertz CT molecular complexity index is 518. The van der Waals surface area contributed by atoms with Crippen molar-refractivity contribution in [1.82, 2.24) is 0 Å². The SMILES string of the molecule is CN(C)c1cc(Br)ccc1-c1ccc(Br)cc1. The Balaban J connectivity index is 2.54. The normalized spacial score (nSPS) is 10.4. The first kappa shape index (κ1) is 12.7. The smallest absolute Gasteiger partial charge is 0.0452 e. The predicted molar refractivity (Wildman–Crippen MR) is 81.6 cm³/mol. The third-order valence-corrected chi connectivity index (χ3v) is 3.62. The van der Waals surface area contributed by atoms with E-state index in [2.05, 4.69) is 93.3 Å². The molecule has 0 radical (unpaired) electrons. The molecule has 2 aromatic rings. The summed E-state index contributed by atoms with van der Waals surface area (Å²) in [5, 5.41) is 0. The molecule has 0 amide bonds. The Morgan fingerprint density at radius 1 is 0.824 bits per heavy atom. The number of halogens is 2. The molecule has 0 saturated carbocycles. The van der Waals surface area contributed by atoms with Gasteiger partial charge in [0.15, 0.2) is 0 Å². The summed E-state index contributed by atoms with van der Waals surface area (Å²) < 4.78 is 2.20. The van der Waals surface area contributed by atoms with E-state index in [9.17, 15) is 0 Å². The molecule has 3 heteroatoms. The van der Waals surface area contributed by atoms with Crippen LogP contribution in [0.1, 0.15) is 0 Å². The summed E-state index contributed by atoms with van der Waals surface area (Å²) in [7, 11) is 4.12. The summed E-state index contributed by atoms with van der Waals surface area (Å²) >= 11 is 6.97. The Morgan fingerprint density at radius 3 is 2.00 bits per heavy atom. The number of anilines is 1. The first-order chi connectivity index (χ1) is 8.08. The highest BCUT2D eigenvalue weighted by Gasteiger charge is 2.07. The predicted octanol–water partition coefficient (Wildman–Crippen LogP) is 4.94. The second-order valence-corrected chi connectivity index (χ2v) is 5.89. The lowest BCUT2D eigenvalue weighted by atomic mass is 10.0. The monoisotopic (exact) mass is 353 g/mol. The van der Waals surface area contributed by atoms with Crippen LogP contribution in [0.3, 0.4) is 0 Å². The maximum Gasteiger partial charge on any atom is 0.0452 e. The second-order valence-electron chi connectivity index (χ2n) is 4.06. The van der Waals surface area contributed by atoms with Crippen LogP contribution in [0.15, 0.2) is 51.4 Å². The lowest BCUT2D eigenvalue weighted by molar-refractivity contribution is 1.13. The summed E-state index contributed by atoms with van der Waals surface area (Å²) in [5.74, 6) is 0. The van der Waals surface area contributed by atoms with Crippen LogP contribution in [-0.4, -0.2) is 14.1 Å². The van der Waals surface area contributed by atoms with Crippen molar-refractivity contribution in [3.63, 3.8) is 0 Å². The van der Waals surface area contributed by atoms with Crippen LogP contribution in [0.4, 0.5) is 5.69 Å². The van der Waals surface area contributed by atoms with Gasteiger partial charge in [0.2, 0.25) is 0 Å². The van der Waals surface area contributed by atoms with Gasteiger partial charge in [-0.15, -0.1) is 0 Å². The number of benzene rings is 2. The topological polar surface area (TPSA) is 3.24 Å². The molecule has 0 aliphatic heterocycles. The minimum atomic E-state index is 1.10. The van der Waals surface area contributed by atoms with Gasteiger partial charge in [0.05, 0.1) is 0 Å². The van der Waals surface area contributed by atoms with E-state index in [1.807, 2.05) is 0 Å². The molecule has 88 valence electrons. The van der Waals surface area contributed by atoms with Crippen molar-refractivity contribution in [1.29, 1.82) is 0 Å². The molecule has 0 spiro atoms. The third-order valence-electron chi connectivity index (χ3n) is 2.60. The van der Waals surface area contributed by atoms with Crippen LogP contribution in [-0.2, 0) is 0 Å². The van der Waals surface area contributed by atoms with E-state index in [1.165, 1.54) is 16.8 Å². The van der Waals surface area contributed by atoms with Gasteiger partial charge in [-0.2, -0.15) is 0 Å². The summed E-state index contributed by atoms with van der Waals surface area (Å²) in [6.45, 7) is 0. The second kappa shape index (κ2) is 5.23. The fourth-order valence-corrected chi connectivity index (χ4v) is 2.36. The van der Waals surface area contributed by atoms with E-state index in [1.54, 1.807) is 0 Å². The molecule has 0 unspecified atom stereocenters. The molecule has 1 nitrogen and oxygen atoms in total. The molecule has 0 fully saturated rings. The molecule has 0 bridgehead atoms. The Hall–Kier alpha value is -0.800. The zero-order valence-corrected chi connectivity index (χ0v) is 12.9. The highest BCUT2D eigenvalue weighted by molar-refractivity contribution is 9.10.